The van der Waals surface area contributed by atoms with Gasteiger partial charge < -0.3 is 5.32 Å². The number of rotatable bonds is 8. The van der Waals surface area contributed by atoms with Gasteiger partial charge in [0.1, 0.15) is 6.04 Å². The maximum atomic E-state index is 13.1. The van der Waals surface area contributed by atoms with E-state index >= 15 is 0 Å². The zero-order valence-corrected chi connectivity index (χ0v) is 19.8. The minimum atomic E-state index is -3.87. The van der Waals surface area contributed by atoms with Gasteiger partial charge in [-0.05, 0) is 55.7 Å². The smallest absolute Gasteiger partial charge is 0.241 e. The number of halogens is 1. The fourth-order valence-corrected chi connectivity index (χ4v) is 4.80. The first-order valence-electron chi connectivity index (χ1n) is 9.93. The summed E-state index contributed by atoms with van der Waals surface area (Å²) in [6.07, 6.45) is 0.239. The van der Waals surface area contributed by atoms with Gasteiger partial charge in [-0.1, -0.05) is 76.1 Å². The van der Waals surface area contributed by atoms with Crippen LogP contribution in [0.15, 0.2) is 88.2 Å². The highest BCUT2D eigenvalue weighted by Crippen LogP contribution is 2.19. The van der Waals surface area contributed by atoms with Crippen LogP contribution in [0, 0.1) is 6.92 Å². The van der Waals surface area contributed by atoms with Gasteiger partial charge in [0.15, 0.2) is 0 Å². The van der Waals surface area contributed by atoms with E-state index in [0.29, 0.717) is 0 Å². The van der Waals surface area contributed by atoms with Crippen LogP contribution in [0.5, 0.6) is 0 Å². The number of carbonyl (C=O) groups is 1. The molecule has 162 valence electrons. The molecular formula is C24H25BrN2O3S. The molecule has 0 aromatic heterocycles. The van der Waals surface area contributed by atoms with E-state index in [0.717, 1.165) is 21.2 Å². The topological polar surface area (TPSA) is 75.3 Å². The van der Waals surface area contributed by atoms with Crippen molar-refractivity contribution in [3.63, 3.8) is 0 Å². The Morgan fingerprint density at radius 2 is 1.65 bits per heavy atom. The summed E-state index contributed by atoms with van der Waals surface area (Å²) < 4.78 is 29.4. The van der Waals surface area contributed by atoms with Gasteiger partial charge in [-0.15, -0.1) is 0 Å². The van der Waals surface area contributed by atoms with E-state index in [9.17, 15) is 13.2 Å². The van der Waals surface area contributed by atoms with Gasteiger partial charge >= 0.3 is 0 Å². The first-order chi connectivity index (χ1) is 14.7. The van der Waals surface area contributed by atoms with Crippen LogP contribution in [0.25, 0.3) is 0 Å². The zero-order chi connectivity index (χ0) is 22.4. The molecule has 0 aliphatic carbocycles. The van der Waals surface area contributed by atoms with Crippen molar-refractivity contribution in [1.82, 2.24) is 10.0 Å². The van der Waals surface area contributed by atoms with Gasteiger partial charge in [-0.2, -0.15) is 4.72 Å². The van der Waals surface area contributed by atoms with Crippen LogP contribution >= 0.6 is 15.9 Å². The van der Waals surface area contributed by atoms with E-state index in [1.165, 1.54) is 0 Å². The number of sulfonamides is 1. The fourth-order valence-electron chi connectivity index (χ4n) is 3.18. The van der Waals surface area contributed by atoms with Gasteiger partial charge in [0, 0.05) is 4.47 Å². The van der Waals surface area contributed by atoms with Crippen LogP contribution in [0.2, 0.25) is 0 Å². The second kappa shape index (κ2) is 10.2. The molecule has 0 heterocycles. The Bertz CT molecular complexity index is 1130. The van der Waals surface area contributed by atoms with Crippen LogP contribution in [-0.4, -0.2) is 20.4 Å². The lowest BCUT2D eigenvalue weighted by Crippen LogP contribution is -2.48. The van der Waals surface area contributed by atoms with E-state index < -0.39 is 16.1 Å². The number of aryl methyl sites for hydroxylation is 1. The Hall–Kier alpha value is -2.48. The largest absolute Gasteiger partial charge is 0.348 e. The summed E-state index contributed by atoms with van der Waals surface area (Å²) in [7, 11) is -3.87. The molecule has 3 rings (SSSR count). The molecule has 7 heteroatoms. The van der Waals surface area contributed by atoms with Gasteiger partial charge in [0.25, 0.3) is 0 Å². The summed E-state index contributed by atoms with van der Waals surface area (Å²) in [4.78, 5) is 13.3. The van der Waals surface area contributed by atoms with Crippen molar-refractivity contribution in [2.24, 2.45) is 0 Å². The van der Waals surface area contributed by atoms with Gasteiger partial charge in [0.2, 0.25) is 15.9 Å². The lowest BCUT2D eigenvalue weighted by Gasteiger charge is -2.22. The first-order valence-corrected chi connectivity index (χ1v) is 12.2. The third kappa shape index (κ3) is 6.50. The van der Waals surface area contributed by atoms with Crippen molar-refractivity contribution >= 4 is 31.9 Å². The normalized spacial score (nSPS) is 13.4. The Labute approximate surface area is 192 Å². The fraction of sp³-hybridized carbons (Fsp3) is 0.208. The van der Waals surface area contributed by atoms with Gasteiger partial charge in [-0.25, -0.2) is 8.42 Å². The average molecular weight is 501 g/mol. The molecule has 0 saturated heterocycles. The highest BCUT2D eigenvalue weighted by molar-refractivity contribution is 9.10. The lowest BCUT2D eigenvalue weighted by molar-refractivity contribution is -0.123. The van der Waals surface area contributed by atoms with Crippen LogP contribution in [0.1, 0.15) is 29.7 Å². The van der Waals surface area contributed by atoms with Crippen molar-refractivity contribution in [1.29, 1.82) is 0 Å². The summed E-state index contributed by atoms with van der Waals surface area (Å²) >= 11 is 3.44. The van der Waals surface area contributed by atoms with E-state index in [1.807, 2.05) is 68.4 Å². The SMILES string of the molecule is Cc1ccc(S(=O)(=O)N[C@@H](Cc2ccccc2)C(=O)N[C@@H](C)c2cccc(Br)c2)cc1. The van der Waals surface area contributed by atoms with Crippen molar-refractivity contribution in [2.75, 3.05) is 0 Å². The maximum absolute atomic E-state index is 13.1. The molecule has 0 unspecified atom stereocenters. The highest BCUT2D eigenvalue weighted by atomic mass is 79.9. The van der Waals surface area contributed by atoms with Crippen LogP contribution < -0.4 is 10.0 Å². The van der Waals surface area contributed by atoms with E-state index in [1.54, 1.807) is 24.3 Å². The molecule has 3 aromatic rings. The predicted octanol–water partition coefficient (Wildman–Crippen LogP) is 4.52. The maximum Gasteiger partial charge on any atom is 0.241 e. The number of amides is 1. The molecule has 0 aliphatic rings. The van der Waals surface area contributed by atoms with Crippen molar-refractivity contribution in [3.8, 4) is 0 Å². The standard InChI is InChI=1S/C24H25BrN2O3S/c1-17-11-13-22(14-12-17)31(29,30)27-23(15-19-7-4-3-5-8-19)24(28)26-18(2)20-9-6-10-21(25)16-20/h3-14,16,18,23,27H,15H2,1-2H3,(H,26,28)/t18-,23-/m0/s1. The molecule has 0 spiro atoms. The predicted molar refractivity (Wildman–Crippen MR) is 126 cm³/mol. The van der Waals surface area contributed by atoms with Crippen molar-refractivity contribution in [3.05, 3.63) is 100 Å². The minimum Gasteiger partial charge on any atom is -0.348 e. The third-order valence-electron chi connectivity index (χ3n) is 4.94. The van der Waals surface area contributed by atoms with E-state index in [-0.39, 0.29) is 23.3 Å². The summed E-state index contributed by atoms with van der Waals surface area (Å²) in [6, 6.07) is 22.3. The first kappa shape index (κ1) is 23.2. The van der Waals surface area contributed by atoms with Crippen molar-refractivity contribution < 1.29 is 13.2 Å². The van der Waals surface area contributed by atoms with Crippen molar-refractivity contribution in [2.45, 2.75) is 37.2 Å². The Kier molecular flexibility index (Phi) is 7.64. The van der Waals surface area contributed by atoms with E-state index in [4.69, 9.17) is 0 Å². The molecule has 2 N–H and O–H groups in total. The molecule has 2 atom stereocenters. The number of carbonyl (C=O) groups excluding carboxylic acids is 1. The molecule has 1 amide bonds. The van der Waals surface area contributed by atoms with Crippen LogP contribution in [0.3, 0.4) is 0 Å². The molecule has 3 aromatic carbocycles. The molecule has 0 aliphatic heterocycles. The summed E-state index contributed by atoms with van der Waals surface area (Å²) in [5, 5.41) is 2.94. The molecule has 31 heavy (non-hydrogen) atoms. The third-order valence-corrected chi connectivity index (χ3v) is 6.92. The monoisotopic (exact) mass is 500 g/mol. The number of hydrogen-bond acceptors (Lipinski definition) is 3. The molecule has 5 nitrogen and oxygen atoms in total. The number of nitrogens with one attached hydrogen (secondary N) is 2. The second-order valence-electron chi connectivity index (χ2n) is 7.46. The lowest BCUT2D eigenvalue weighted by atomic mass is 10.0. The summed E-state index contributed by atoms with van der Waals surface area (Å²) in [5.74, 6) is -0.382. The van der Waals surface area contributed by atoms with Crippen LogP contribution in [0.4, 0.5) is 0 Å². The average Bonchev–Trinajstić information content (AvgIpc) is 2.74. The minimum absolute atomic E-state index is 0.129. The van der Waals surface area contributed by atoms with Gasteiger partial charge in [0.05, 0.1) is 10.9 Å². The molecular weight excluding hydrogens is 476 g/mol. The van der Waals surface area contributed by atoms with Gasteiger partial charge in [-0.3, -0.25) is 4.79 Å². The Balaban J connectivity index is 1.83. The zero-order valence-electron chi connectivity index (χ0n) is 17.4. The quantitative estimate of drug-likeness (QED) is 0.477. The number of benzene rings is 3. The van der Waals surface area contributed by atoms with E-state index in [2.05, 4.69) is 26.0 Å². The summed E-state index contributed by atoms with van der Waals surface area (Å²) in [6.45, 7) is 3.76. The second-order valence-corrected chi connectivity index (χ2v) is 10.1. The number of hydrogen-bond donors (Lipinski definition) is 2. The molecule has 0 fully saturated rings. The molecule has 0 bridgehead atoms. The highest BCUT2D eigenvalue weighted by Gasteiger charge is 2.27. The summed E-state index contributed by atoms with van der Waals surface area (Å²) in [5.41, 5.74) is 2.74. The molecule has 0 saturated carbocycles. The Morgan fingerprint density at radius 1 is 0.968 bits per heavy atom. The molecule has 0 radical (unpaired) electrons. The van der Waals surface area contributed by atoms with Crippen LogP contribution in [-0.2, 0) is 21.2 Å². The Morgan fingerprint density at radius 3 is 2.29 bits per heavy atom.